The third-order valence-electron chi connectivity index (χ3n) is 2.43. The van der Waals surface area contributed by atoms with Crippen LogP contribution in [0.1, 0.15) is 30.1 Å². The molecule has 0 fully saturated rings. The van der Waals surface area contributed by atoms with Gasteiger partial charge in [0, 0.05) is 12.7 Å². The van der Waals surface area contributed by atoms with Crippen LogP contribution in [0.3, 0.4) is 0 Å². The molecule has 1 rings (SSSR count). The van der Waals surface area contributed by atoms with Gasteiger partial charge in [-0.2, -0.15) is 13.2 Å². The zero-order chi connectivity index (χ0) is 14.5. The predicted molar refractivity (Wildman–Crippen MR) is 66.1 cm³/mol. The molecular weight excluding hydrogens is 281 g/mol. The van der Waals surface area contributed by atoms with Crippen molar-refractivity contribution < 1.29 is 18.0 Å². The maximum atomic E-state index is 12.5. The molecule has 0 unspecified atom stereocenters. The van der Waals surface area contributed by atoms with Gasteiger partial charge in [0.05, 0.1) is 5.56 Å². The Bertz CT molecular complexity index is 437. The number of amides is 1. The molecule has 0 bridgehead atoms. The largest absolute Gasteiger partial charge is 0.406 e. The Morgan fingerprint density at radius 3 is 2.68 bits per heavy atom. The molecule has 1 amide bonds. The molecule has 1 aromatic rings. The minimum Gasteiger partial charge on any atom is -0.329 e. The van der Waals surface area contributed by atoms with Crippen LogP contribution >= 0.6 is 11.6 Å². The summed E-state index contributed by atoms with van der Waals surface area (Å²) < 4.78 is 37.4. The number of halogens is 4. The van der Waals surface area contributed by atoms with Gasteiger partial charge in [-0.25, -0.2) is 4.98 Å². The average molecular weight is 295 g/mol. The average Bonchev–Trinajstić information content (AvgIpc) is 2.33. The van der Waals surface area contributed by atoms with E-state index in [4.69, 9.17) is 11.6 Å². The minimum absolute atomic E-state index is 0.00970. The Kier molecular flexibility index (Phi) is 5.60. The van der Waals surface area contributed by atoms with E-state index in [1.807, 2.05) is 6.92 Å². The molecular formula is C12H14ClF3N2O. The van der Waals surface area contributed by atoms with Gasteiger partial charge >= 0.3 is 6.18 Å². The highest BCUT2D eigenvalue weighted by Gasteiger charge is 2.33. The number of unbranched alkanes of at least 4 members (excludes halogenated alkanes) is 1. The first kappa shape index (κ1) is 15.8. The van der Waals surface area contributed by atoms with E-state index in [2.05, 4.69) is 4.98 Å². The molecule has 0 aromatic carbocycles. The zero-order valence-electron chi connectivity index (χ0n) is 10.4. The first-order chi connectivity index (χ1) is 8.85. The van der Waals surface area contributed by atoms with Crippen molar-refractivity contribution in [3.05, 3.63) is 29.0 Å². The van der Waals surface area contributed by atoms with Gasteiger partial charge in [0.2, 0.25) is 0 Å². The van der Waals surface area contributed by atoms with Gasteiger partial charge in [0.15, 0.2) is 0 Å². The van der Waals surface area contributed by atoms with Gasteiger partial charge in [0.25, 0.3) is 5.91 Å². The summed E-state index contributed by atoms with van der Waals surface area (Å²) in [5.74, 6) is -0.746. The van der Waals surface area contributed by atoms with Gasteiger partial charge in [0.1, 0.15) is 11.7 Å². The molecule has 3 nitrogen and oxygen atoms in total. The zero-order valence-corrected chi connectivity index (χ0v) is 11.1. The fraction of sp³-hybridized carbons (Fsp3) is 0.500. The monoisotopic (exact) mass is 294 g/mol. The van der Waals surface area contributed by atoms with Gasteiger partial charge < -0.3 is 4.90 Å². The van der Waals surface area contributed by atoms with E-state index in [1.54, 1.807) is 0 Å². The lowest BCUT2D eigenvalue weighted by Crippen LogP contribution is -2.39. The number of carbonyl (C=O) groups is 1. The topological polar surface area (TPSA) is 33.2 Å². The molecule has 0 saturated carbocycles. The number of nitrogens with zero attached hydrogens (tertiary/aromatic N) is 2. The number of alkyl halides is 3. The number of hydrogen-bond donors (Lipinski definition) is 0. The maximum Gasteiger partial charge on any atom is 0.406 e. The summed E-state index contributed by atoms with van der Waals surface area (Å²) in [7, 11) is 0. The Morgan fingerprint density at radius 1 is 1.47 bits per heavy atom. The summed E-state index contributed by atoms with van der Waals surface area (Å²) in [6, 6.07) is 2.83. The van der Waals surface area contributed by atoms with Crippen molar-refractivity contribution in [2.24, 2.45) is 0 Å². The van der Waals surface area contributed by atoms with Crippen molar-refractivity contribution in [3.8, 4) is 0 Å². The molecule has 0 aliphatic rings. The fourth-order valence-electron chi connectivity index (χ4n) is 1.53. The number of rotatable bonds is 5. The fourth-order valence-corrected chi connectivity index (χ4v) is 1.73. The minimum atomic E-state index is -4.43. The molecule has 106 valence electrons. The molecule has 7 heteroatoms. The molecule has 0 radical (unpaired) electrons. The van der Waals surface area contributed by atoms with E-state index in [0.29, 0.717) is 12.8 Å². The second kappa shape index (κ2) is 6.75. The van der Waals surface area contributed by atoms with Gasteiger partial charge in [-0.3, -0.25) is 4.79 Å². The normalized spacial score (nSPS) is 11.4. The quantitative estimate of drug-likeness (QED) is 0.778. The molecule has 0 spiro atoms. The van der Waals surface area contributed by atoms with E-state index < -0.39 is 18.6 Å². The Hall–Kier alpha value is -1.30. The van der Waals surface area contributed by atoms with Crippen LogP contribution in [0.15, 0.2) is 18.3 Å². The standard InChI is InChI=1S/C12H14ClF3N2O/c1-2-3-7-18(8-12(14,15)16)11(19)9-5-4-6-17-10(9)13/h4-6H,2-3,7-8H2,1H3. The second-order valence-corrected chi connectivity index (χ2v) is 4.40. The Labute approximate surface area is 114 Å². The van der Waals surface area contributed by atoms with Gasteiger partial charge in [-0.05, 0) is 18.6 Å². The molecule has 1 aromatic heterocycles. The molecule has 1 heterocycles. The number of pyridine rings is 1. The summed E-state index contributed by atoms with van der Waals surface area (Å²) >= 11 is 5.73. The molecule has 0 saturated heterocycles. The number of carbonyl (C=O) groups excluding carboxylic acids is 1. The summed E-state index contributed by atoms with van der Waals surface area (Å²) in [5, 5.41) is -0.0869. The third-order valence-corrected chi connectivity index (χ3v) is 2.73. The lowest BCUT2D eigenvalue weighted by atomic mass is 10.2. The Morgan fingerprint density at radius 2 is 2.16 bits per heavy atom. The molecule has 0 N–H and O–H groups in total. The second-order valence-electron chi connectivity index (χ2n) is 4.04. The van der Waals surface area contributed by atoms with Crippen LogP contribution in [-0.2, 0) is 0 Å². The van der Waals surface area contributed by atoms with E-state index in [-0.39, 0.29) is 17.3 Å². The number of hydrogen-bond acceptors (Lipinski definition) is 2. The first-order valence-corrected chi connectivity index (χ1v) is 6.19. The lowest BCUT2D eigenvalue weighted by molar-refractivity contribution is -0.140. The first-order valence-electron chi connectivity index (χ1n) is 5.81. The van der Waals surface area contributed by atoms with Crippen LogP contribution in [0.25, 0.3) is 0 Å². The van der Waals surface area contributed by atoms with Crippen LogP contribution in [0, 0.1) is 0 Å². The van der Waals surface area contributed by atoms with Crippen molar-refractivity contribution in [1.29, 1.82) is 0 Å². The lowest BCUT2D eigenvalue weighted by Gasteiger charge is -2.24. The van der Waals surface area contributed by atoms with Crippen LogP contribution in [0.4, 0.5) is 13.2 Å². The van der Waals surface area contributed by atoms with Crippen molar-refractivity contribution in [2.75, 3.05) is 13.1 Å². The highest BCUT2D eigenvalue weighted by atomic mass is 35.5. The maximum absolute atomic E-state index is 12.5. The van der Waals surface area contributed by atoms with E-state index in [0.717, 1.165) is 4.90 Å². The summed E-state index contributed by atoms with van der Waals surface area (Å²) in [6.45, 7) is 0.602. The highest BCUT2D eigenvalue weighted by molar-refractivity contribution is 6.32. The van der Waals surface area contributed by atoms with Crippen molar-refractivity contribution >= 4 is 17.5 Å². The van der Waals surface area contributed by atoms with Crippen LogP contribution in [0.5, 0.6) is 0 Å². The van der Waals surface area contributed by atoms with Gasteiger partial charge in [-0.1, -0.05) is 24.9 Å². The molecule has 19 heavy (non-hydrogen) atoms. The van der Waals surface area contributed by atoms with Gasteiger partial charge in [-0.15, -0.1) is 0 Å². The number of aromatic nitrogens is 1. The molecule has 0 aliphatic heterocycles. The van der Waals surface area contributed by atoms with Crippen LogP contribution in [-0.4, -0.2) is 35.1 Å². The van der Waals surface area contributed by atoms with Crippen molar-refractivity contribution in [3.63, 3.8) is 0 Å². The SMILES string of the molecule is CCCCN(CC(F)(F)F)C(=O)c1cccnc1Cl. The smallest absolute Gasteiger partial charge is 0.329 e. The molecule has 0 aliphatic carbocycles. The van der Waals surface area contributed by atoms with Crippen molar-refractivity contribution in [1.82, 2.24) is 9.88 Å². The summed E-state index contributed by atoms with van der Waals surface area (Å²) in [4.78, 5) is 16.5. The van der Waals surface area contributed by atoms with Crippen molar-refractivity contribution in [2.45, 2.75) is 25.9 Å². The predicted octanol–water partition coefficient (Wildman–Crippen LogP) is 3.54. The summed E-state index contributed by atoms with van der Waals surface area (Å²) in [5.41, 5.74) is -0.00970. The third kappa shape index (κ3) is 5.06. The van der Waals surface area contributed by atoms with E-state index in [1.165, 1.54) is 18.3 Å². The molecule has 0 atom stereocenters. The van der Waals surface area contributed by atoms with E-state index >= 15 is 0 Å². The van der Waals surface area contributed by atoms with Crippen LogP contribution in [0.2, 0.25) is 5.15 Å². The van der Waals surface area contributed by atoms with Crippen LogP contribution < -0.4 is 0 Å². The summed E-state index contributed by atoms with van der Waals surface area (Å²) in [6.07, 6.45) is -1.86. The highest BCUT2D eigenvalue weighted by Crippen LogP contribution is 2.20. The van der Waals surface area contributed by atoms with E-state index in [9.17, 15) is 18.0 Å². The Balaban J connectivity index is 2.91.